The van der Waals surface area contributed by atoms with Crippen LogP contribution in [0.1, 0.15) is 113 Å². The minimum absolute atomic E-state index is 0.0230. The Hall–Kier alpha value is -10.4. The number of amides is 6. The number of anilines is 2. The maximum absolute atomic E-state index is 15.8. The molecule has 111 heavy (non-hydrogen) atoms. The van der Waals surface area contributed by atoms with Gasteiger partial charge < -0.3 is 75.5 Å². The standard InChI is InChI=1S/C74H83N7O27S3/c1-37(2)27-48(78-66(89)49(28-41-19-13-10-14-20-41)79-70(93)76-44-29-50(81(9)35-44)67(90)77-47-25-26-52(110(98,99)100)46-30-45(109(95,96)97)31-53(57(46)47)111(101,102)103)65(88)75-34-56(85)80-59(42-21-15-11-16-22-42)60(86)69(92)106-51-33-74(94)64(107-68(91)43-23-17-12-18-24-43)62-72(8,54(84)32-55-73(62,36-104-55)108-40(5)83)63(87)61(105-39(4)82)58(38(51)3)71(74,6)7/h10-26,29-31,35,37,48-49,51,54-55,59-62,64,84,86,94H,27-28,32-34,36H2,1-9H3,(H,75,88)(H,77,90)(H,78,89)(H,80,85)(H2,76,79,93)(H,95,96,97)(H,98,99,100)(H,101,102,103)/t48-,49-,51-,54-,55+,59-,60+,61+,62-,64-,72+,73-,74+/m0/s1. The van der Waals surface area contributed by atoms with Crippen molar-refractivity contribution in [3.05, 3.63) is 161 Å². The van der Waals surface area contributed by atoms with Crippen molar-refractivity contribution >= 4 is 112 Å². The molecule has 3 aliphatic carbocycles. The molecule has 37 heteroatoms. The third kappa shape index (κ3) is 17.0. The molecular weight excluding hydrogens is 1520 g/mol. The number of carbonyl (C=O) groups excluding carboxylic acids is 10. The van der Waals surface area contributed by atoms with Gasteiger partial charge in [-0.05, 0) is 90.9 Å². The number of aryl methyl sites for hydroxylation is 1. The third-order valence-corrected chi connectivity index (χ3v) is 23.4. The summed E-state index contributed by atoms with van der Waals surface area (Å²) in [6, 6.07) is 21.1. The van der Waals surface area contributed by atoms with Crippen LogP contribution in [0.4, 0.5) is 16.2 Å². The largest absolute Gasteiger partial charge is 0.456 e. The molecule has 2 bridgehead atoms. The fourth-order valence-corrected chi connectivity index (χ4v) is 17.4. The number of rotatable bonds is 25. The molecule has 12 N–H and O–H groups in total. The number of Topliss-reactive ketones (excluding diaryl/α,β-unsaturated/α-hetero) is 1. The van der Waals surface area contributed by atoms with Crippen molar-refractivity contribution < 1.29 is 126 Å². The second-order valence-electron chi connectivity index (χ2n) is 28.9. The number of hydrogen-bond donors (Lipinski definition) is 12. The lowest BCUT2D eigenvalue weighted by Crippen LogP contribution is -2.82. The molecule has 0 spiro atoms. The number of benzene rings is 5. The number of aliphatic hydroxyl groups excluding tert-OH is 2. The Bertz CT molecular complexity index is 5120. The first-order valence-corrected chi connectivity index (χ1v) is 39.0. The van der Waals surface area contributed by atoms with E-state index in [-0.39, 0.29) is 64.9 Å². The smallest absolute Gasteiger partial charge is 0.338 e. The van der Waals surface area contributed by atoms with Crippen LogP contribution in [0, 0.1) is 22.7 Å². The van der Waals surface area contributed by atoms with Crippen LogP contribution in [0.25, 0.3) is 10.8 Å². The first kappa shape index (κ1) is 83.1. The van der Waals surface area contributed by atoms with Gasteiger partial charge in [-0.3, -0.25) is 47.2 Å². The quantitative estimate of drug-likeness (QED) is 0.0167. The maximum atomic E-state index is 15.8. The van der Waals surface area contributed by atoms with Crippen LogP contribution in [0.3, 0.4) is 0 Å². The van der Waals surface area contributed by atoms with Gasteiger partial charge in [-0.25, -0.2) is 14.4 Å². The van der Waals surface area contributed by atoms with Crippen LogP contribution in [-0.2, 0) is 101 Å². The zero-order valence-corrected chi connectivity index (χ0v) is 63.6. The molecule has 2 saturated carbocycles. The number of ketones is 1. The van der Waals surface area contributed by atoms with E-state index >= 15 is 4.79 Å². The molecule has 13 atom stereocenters. The number of esters is 4. The number of aromatic nitrogens is 1. The fourth-order valence-electron chi connectivity index (χ4n) is 15.4. The summed E-state index contributed by atoms with van der Waals surface area (Å²) >= 11 is 0. The lowest BCUT2D eigenvalue weighted by Gasteiger charge is -2.67. The number of carbonyl (C=O) groups is 10. The molecule has 3 fully saturated rings. The summed E-state index contributed by atoms with van der Waals surface area (Å²) in [7, 11) is -14.8. The molecule has 34 nitrogen and oxygen atoms in total. The number of aliphatic hydroxyl groups is 3. The van der Waals surface area contributed by atoms with Gasteiger partial charge in [0.25, 0.3) is 36.3 Å². The van der Waals surface area contributed by atoms with Gasteiger partial charge in [-0.2, -0.15) is 25.3 Å². The minimum Gasteiger partial charge on any atom is -0.456 e. The number of nitrogens with zero attached hydrogens (tertiary/aromatic N) is 1. The Morgan fingerprint density at radius 2 is 1.34 bits per heavy atom. The van der Waals surface area contributed by atoms with Crippen molar-refractivity contribution in [2.75, 3.05) is 23.8 Å². The molecule has 594 valence electrons. The van der Waals surface area contributed by atoms with Gasteiger partial charge in [-0.1, -0.05) is 107 Å². The Balaban J connectivity index is 0.870. The number of urea groups is 1. The van der Waals surface area contributed by atoms with Crippen LogP contribution in [0.5, 0.6) is 0 Å². The average molecular weight is 1600 g/mol. The van der Waals surface area contributed by atoms with Crippen LogP contribution >= 0.6 is 0 Å². The predicted octanol–water partition coefficient (Wildman–Crippen LogP) is 3.99. The fraction of sp³-hybridized carbons (Fsp3) is 0.405. The highest BCUT2D eigenvalue weighted by molar-refractivity contribution is 7.87. The molecule has 6 aromatic rings. The third-order valence-electron chi connectivity index (χ3n) is 20.8. The van der Waals surface area contributed by atoms with Gasteiger partial charge in [0.15, 0.2) is 23.6 Å². The van der Waals surface area contributed by atoms with Crippen LogP contribution < -0.4 is 31.9 Å². The van der Waals surface area contributed by atoms with Crippen LogP contribution in [0.2, 0.25) is 0 Å². The number of hydrogen-bond acceptors (Lipinski definition) is 24. The van der Waals surface area contributed by atoms with Gasteiger partial charge in [0.05, 0.1) is 58.5 Å². The van der Waals surface area contributed by atoms with Crippen LogP contribution in [-0.4, -0.2) is 191 Å². The van der Waals surface area contributed by atoms with E-state index in [4.69, 9.17) is 23.7 Å². The van der Waals surface area contributed by atoms with Crippen molar-refractivity contribution in [3.8, 4) is 0 Å². The van der Waals surface area contributed by atoms with Crippen molar-refractivity contribution in [1.29, 1.82) is 0 Å². The topological polar surface area (TPSA) is 518 Å². The molecule has 10 rings (SSSR count). The lowest BCUT2D eigenvalue weighted by molar-refractivity contribution is -0.346. The molecule has 4 aliphatic rings. The van der Waals surface area contributed by atoms with Gasteiger partial charge in [0, 0.05) is 62.5 Å². The Kier molecular flexibility index (Phi) is 23.8. The number of nitrogens with one attached hydrogen (secondary N) is 6. The Labute approximate surface area is 636 Å². The molecule has 1 aromatic heterocycles. The van der Waals surface area contributed by atoms with E-state index < -0.39 is 223 Å². The van der Waals surface area contributed by atoms with E-state index in [0.29, 0.717) is 17.7 Å². The highest BCUT2D eigenvalue weighted by Gasteiger charge is 2.78. The predicted molar refractivity (Wildman–Crippen MR) is 389 cm³/mol. The summed E-state index contributed by atoms with van der Waals surface area (Å²) < 4.78 is 136. The minimum atomic E-state index is -5.50. The molecule has 1 aliphatic heterocycles. The SMILES string of the molecule is CC(=O)O[C@H]1C(=O)[C@@]2(C)[C@H]([C@H](OC(=O)c3ccccc3)[C@]3(O)C[C@H](OC(=O)[C@H](O)[C@@H](NC(=O)CNC(=O)[C@H](CC(C)C)NC(=O)[C@H](Cc4ccccc4)NC(=O)Nc4cc(C(=O)Nc5ccc(S(=O)(=O)O)c6cc(S(=O)(=O)O)cc(S(=O)(=O)O)c56)n(C)c4)c4ccccc4)C(C)=C1C3(C)C)[C@]1(OC(C)=O)CO[C@@H]1C[C@@H]2O. The van der Waals surface area contributed by atoms with E-state index in [9.17, 15) is 97.4 Å². The monoisotopic (exact) mass is 1600 g/mol. The van der Waals surface area contributed by atoms with E-state index in [2.05, 4.69) is 31.9 Å². The second-order valence-corrected chi connectivity index (χ2v) is 33.1. The normalized spacial score (nSPS) is 23.9. The second kappa shape index (κ2) is 31.8. The molecule has 5 aromatic carbocycles. The summed E-state index contributed by atoms with van der Waals surface area (Å²) in [5.74, 6) is -11.2. The van der Waals surface area contributed by atoms with E-state index in [1.54, 1.807) is 56.3 Å². The first-order valence-electron chi connectivity index (χ1n) is 34.7. The molecule has 0 radical (unpaired) electrons. The van der Waals surface area contributed by atoms with E-state index in [0.717, 1.165) is 26.0 Å². The lowest BCUT2D eigenvalue weighted by atomic mass is 9.44. The number of ether oxygens (including phenoxy) is 5. The summed E-state index contributed by atoms with van der Waals surface area (Å²) in [6.07, 6.45) is -10.8. The molecular formula is C74H83N7O27S3. The van der Waals surface area contributed by atoms with Crippen molar-refractivity contribution in [1.82, 2.24) is 25.8 Å². The summed E-state index contributed by atoms with van der Waals surface area (Å²) in [5.41, 5.74) is -8.94. The maximum Gasteiger partial charge on any atom is 0.338 e. The zero-order chi connectivity index (χ0) is 81.6. The zero-order valence-electron chi connectivity index (χ0n) is 61.1. The Morgan fingerprint density at radius 3 is 1.92 bits per heavy atom. The Morgan fingerprint density at radius 1 is 0.721 bits per heavy atom. The van der Waals surface area contributed by atoms with Gasteiger partial charge in [0.1, 0.15) is 51.5 Å². The van der Waals surface area contributed by atoms with E-state index in [1.807, 2.05) is 0 Å². The molecule has 6 amide bonds. The molecule has 1 saturated heterocycles. The molecule has 0 unspecified atom stereocenters. The highest BCUT2D eigenvalue weighted by Crippen LogP contribution is 2.64. The van der Waals surface area contributed by atoms with Gasteiger partial charge in [-0.15, -0.1) is 0 Å². The van der Waals surface area contributed by atoms with Crippen molar-refractivity contribution in [2.24, 2.45) is 29.7 Å². The van der Waals surface area contributed by atoms with Crippen molar-refractivity contribution in [2.45, 2.75) is 162 Å². The van der Waals surface area contributed by atoms with Crippen molar-refractivity contribution in [3.63, 3.8) is 0 Å². The number of fused-ring (bicyclic) bond motifs is 6. The molecule has 2 heterocycles. The first-order chi connectivity index (χ1) is 51.8. The summed E-state index contributed by atoms with van der Waals surface area (Å²) in [6.45, 7) is 10.00. The highest BCUT2D eigenvalue weighted by atomic mass is 32.2. The van der Waals surface area contributed by atoms with Gasteiger partial charge in [0.2, 0.25) is 17.7 Å². The van der Waals surface area contributed by atoms with Gasteiger partial charge >= 0.3 is 29.9 Å². The van der Waals surface area contributed by atoms with Crippen LogP contribution in [0.15, 0.2) is 153 Å². The average Bonchev–Trinajstić information content (AvgIpc) is 0.780. The summed E-state index contributed by atoms with van der Waals surface area (Å²) in [5, 5.41) is 51.8. The van der Waals surface area contributed by atoms with E-state index in [1.165, 1.54) is 94.0 Å². The summed E-state index contributed by atoms with van der Waals surface area (Å²) in [4.78, 5) is 139.